The Morgan fingerprint density at radius 2 is 1.74 bits per heavy atom. The number of rotatable bonds is 11. The fourth-order valence-electron chi connectivity index (χ4n) is 4.29. The van der Waals surface area contributed by atoms with Gasteiger partial charge < -0.3 is 15.2 Å². The van der Waals surface area contributed by atoms with Crippen molar-refractivity contribution in [1.82, 2.24) is 9.78 Å². The Hall–Kier alpha value is -4.43. The van der Waals surface area contributed by atoms with E-state index in [2.05, 4.69) is 10.4 Å². The van der Waals surface area contributed by atoms with Gasteiger partial charge in [-0.1, -0.05) is 41.9 Å². The van der Waals surface area contributed by atoms with E-state index in [0.717, 1.165) is 5.56 Å². The molecule has 0 saturated heterocycles. The molecule has 1 aromatic heterocycles. The monoisotopic (exact) mass is 545 g/mol. The van der Waals surface area contributed by atoms with Crippen LogP contribution < -0.4 is 15.6 Å². The van der Waals surface area contributed by atoms with E-state index in [-0.39, 0.29) is 22.8 Å². The van der Waals surface area contributed by atoms with Crippen LogP contribution in [0.2, 0.25) is 5.02 Å². The zero-order valence-electron chi connectivity index (χ0n) is 21.6. The summed E-state index contributed by atoms with van der Waals surface area (Å²) in [6.07, 6.45) is 0.495. The van der Waals surface area contributed by atoms with Gasteiger partial charge in [-0.05, 0) is 73.9 Å². The zero-order valence-corrected chi connectivity index (χ0v) is 22.3. The largest absolute Gasteiger partial charge is 0.478 e. The molecule has 9 heteroatoms. The number of ketones is 1. The lowest BCUT2D eigenvalue weighted by molar-refractivity contribution is 0.0696. The van der Waals surface area contributed by atoms with Gasteiger partial charge in [0.05, 0.1) is 23.8 Å². The van der Waals surface area contributed by atoms with Gasteiger partial charge in [0, 0.05) is 28.9 Å². The molecule has 2 N–H and O–H groups in total. The number of nitrogens with zero attached hydrogens (tertiary/aromatic N) is 2. The number of aromatic carboxylic acids is 1. The van der Waals surface area contributed by atoms with E-state index in [1.807, 2.05) is 37.3 Å². The molecule has 1 heterocycles. The Labute approximate surface area is 230 Å². The summed E-state index contributed by atoms with van der Waals surface area (Å²) in [6, 6.07) is 22.0. The van der Waals surface area contributed by atoms with E-state index in [0.29, 0.717) is 47.0 Å². The standard InChI is InChI=1S/C30H28ClN3O5/c1-3-39-29-27(26-16-22(31)11-14-25(26)19(2)35)17-28(36)34(33-29)24(15-20-7-5-4-6-8-20)18-32-23-12-9-21(10-13-23)30(37)38/h4-14,16-17,24,32H,3,15,18H2,1-2H3,(H,37,38)/t24-/m0/s1. The zero-order chi connectivity index (χ0) is 27.9. The van der Waals surface area contributed by atoms with Gasteiger partial charge in [-0.15, -0.1) is 5.10 Å². The predicted molar refractivity (Wildman–Crippen MR) is 151 cm³/mol. The first kappa shape index (κ1) is 27.6. The van der Waals surface area contributed by atoms with Crippen molar-refractivity contribution < 1.29 is 19.4 Å². The maximum atomic E-state index is 13.5. The third-order valence-electron chi connectivity index (χ3n) is 6.19. The molecule has 4 rings (SSSR count). The maximum Gasteiger partial charge on any atom is 0.335 e. The van der Waals surface area contributed by atoms with Gasteiger partial charge in [0.1, 0.15) is 0 Å². The lowest BCUT2D eigenvalue weighted by Crippen LogP contribution is -2.33. The highest BCUT2D eigenvalue weighted by molar-refractivity contribution is 6.31. The number of benzene rings is 3. The van der Waals surface area contributed by atoms with Gasteiger partial charge in [0.2, 0.25) is 5.88 Å². The number of hydrogen-bond donors (Lipinski definition) is 2. The average Bonchev–Trinajstić information content (AvgIpc) is 2.92. The Morgan fingerprint density at radius 3 is 2.38 bits per heavy atom. The Morgan fingerprint density at radius 1 is 1.03 bits per heavy atom. The van der Waals surface area contributed by atoms with Crippen LogP contribution in [0.15, 0.2) is 83.7 Å². The van der Waals surface area contributed by atoms with Gasteiger partial charge >= 0.3 is 5.97 Å². The maximum absolute atomic E-state index is 13.5. The highest BCUT2D eigenvalue weighted by Gasteiger charge is 2.22. The smallest absolute Gasteiger partial charge is 0.335 e. The fourth-order valence-corrected chi connectivity index (χ4v) is 4.47. The first-order valence-corrected chi connectivity index (χ1v) is 12.8. The molecular formula is C30H28ClN3O5. The summed E-state index contributed by atoms with van der Waals surface area (Å²) in [5.74, 6) is -0.963. The molecule has 4 aromatic rings. The number of aromatic nitrogens is 2. The Bertz CT molecular complexity index is 1530. The van der Waals surface area contributed by atoms with Crippen molar-refractivity contribution in [3.05, 3.63) is 111 Å². The minimum atomic E-state index is -1.00. The van der Waals surface area contributed by atoms with Crippen LogP contribution in [-0.4, -0.2) is 39.8 Å². The molecule has 0 unspecified atom stereocenters. The molecule has 0 amide bonds. The van der Waals surface area contributed by atoms with E-state index in [4.69, 9.17) is 21.4 Å². The normalized spacial score (nSPS) is 11.6. The third-order valence-corrected chi connectivity index (χ3v) is 6.42. The molecule has 0 aliphatic rings. The van der Waals surface area contributed by atoms with Crippen LogP contribution in [0, 0.1) is 0 Å². The van der Waals surface area contributed by atoms with E-state index in [9.17, 15) is 14.4 Å². The molecule has 0 spiro atoms. The number of carboxylic acids is 1. The van der Waals surface area contributed by atoms with Crippen LogP contribution in [0.3, 0.4) is 0 Å². The number of anilines is 1. The number of carboxylic acid groups (broad SMARTS) is 1. The van der Waals surface area contributed by atoms with Crippen molar-refractivity contribution in [2.45, 2.75) is 26.3 Å². The SMILES string of the molecule is CCOc1nn([C@H](CNc2ccc(C(=O)O)cc2)Cc2ccccc2)c(=O)cc1-c1cc(Cl)ccc1C(C)=O. The van der Waals surface area contributed by atoms with Crippen LogP contribution in [0.25, 0.3) is 11.1 Å². The van der Waals surface area contributed by atoms with E-state index >= 15 is 0 Å². The molecule has 8 nitrogen and oxygen atoms in total. The summed E-state index contributed by atoms with van der Waals surface area (Å²) in [5.41, 5.74) is 2.81. The first-order valence-electron chi connectivity index (χ1n) is 12.5. The molecule has 0 aliphatic carbocycles. The molecule has 0 radical (unpaired) electrons. The highest BCUT2D eigenvalue weighted by Crippen LogP contribution is 2.33. The van der Waals surface area contributed by atoms with Crippen LogP contribution >= 0.6 is 11.6 Å². The number of carbonyl (C=O) groups excluding carboxylic acids is 1. The average molecular weight is 546 g/mol. The first-order chi connectivity index (χ1) is 18.8. The van der Waals surface area contributed by atoms with Crippen molar-refractivity contribution >= 4 is 29.0 Å². The van der Waals surface area contributed by atoms with Crippen LogP contribution in [0.5, 0.6) is 5.88 Å². The van der Waals surface area contributed by atoms with Crippen LogP contribution in [0.1, 0.15) is 46.2 Å². The van der Waals surface area contributed by atoms with Crippen molar-refractivity contribution in [1.29, 1.82) is 0 Å². The minimum Gasteiger partial charge on any atom is -0.478 e. The number of nitrogens with one attached hydrogen (secondary N) is 1. The molecule has 200 valence electrons. The molecule has 0 bridgehead atoms. The number of ether oxygens (including phenoxy) is 1. The third kappa shape index (κ3) is 6.72. The number of Topliss-reactive ketones (excluding diaryl/α,β-unsaturated/α-hetero) is 1. The van der Waals surface area contributed by atoms with Crippen molar-refractivity contribution in [2.24, 2.45) is 0 Å². The summed E-state index contributed by atoms with van der Waals surface area (Å²) in [4.78, 5) is 37.1. The summed E-state index contributed by atoms with van der Waals surface area (Å²) >= 11 is 6.24. The van der Waals surface area contributed by atoms with Gasteiger partial charge in [0.15, 0.2) is 5.78 Å². The van der Waals surface area contributed by atoms with Crippen LogP contribution in [0.4, 0.5) is 5.69 Å². The number of hydrogen-bond acceptors (Lipinski definition) is 6. The summed E-state index contributed by atoms with van der Waals surface area (Å²) in [7, 11) is 0. The molecule has 0 fully saturated rings. The second-order valence-corrected chi connectivity index (χ2v) is 9.37. The summed E-state index contributed by atoms with van der Waals surface area (Å²) < 4.78 is 7.25. The van der Waals surface area contributed by atoms with Crippen LogP contribution in [-0.2, 0) is 6.42 Å². The number of halogens is 1. The summed E-state index contributed by atoms with van der Waals surface area (Å²) in [5, 5.41) is 17.5. The van der Waals surface area contributed by atoms with Crippen molar-refractivity contribution in [3.63, 3.8) is 0 Å². The second-order valence-electron chi connectivity index (χ2n) is 8.93. The minimum absolute atomic E-state index is 0.173. The van der Waals surface area contributed by atoms with Gasteiger partial charge in [-0.3, -0.25) is 9.59 Å². The molecule has 39 heavy (non-hydrogen) atoms. The van der Waals surface area contributed by atoms with Gasteiger partial charge in [-0.2, -0.15) is 0 Å². The number of carbonyl (C=O) groups is 2. The molecule has 1 atom stereocenters. The van der Waals surface area contributed by atoms with E-state index in [1.165, 1.54) is 29.8 Å². The lowest BCUT2D eigenvalue weighted by atomic mass is 9.98. The van der Waals surface area contributed by atoms with Crippen molar-refractivity contribution in [3.8, 4) is 17.0 Å². The van der Waals surface area contributed by atoms with E-state index < -0.39 is 12.0 Å². The van der Waals surface area contributed by atoms with Gasteiger partial charge in [-0.25, -0.2) is 9.48 Å². The van der Waals surface area contributed by atoms with E-state index in [1.54, 1.807) is 30.3 Å². The molecule has 3 aromatic carbocycles. The quantitative estimate of drug-likeness (QED) is 0.230. The van der Waals surface area contributed by atoms with Crippen molar-refractivity contribution in [2.75, 3.05) is 18.5 Å². The topological polar surface area (TPSA) is 111 Å². The second kappa shape index (κ2) is 12.4. The molecular weight excluding hydrogens is 518 g/mol. The Balaban J connectivity index is 1.76. The highest BCUT2D eigenvalue weighted by atomic mass is 35.5. The molecule has 0 aliphatic heterocycles. The fraction of sp³-hybridized carbons (Fsp3) is 0.200. The molecule has 0 saturated carbocycles. The van der Waals surface area contributed by atoms with Gasteiger partial charge in [0.25, 0.3) is 5.56 Å². The lowest BCUT2D eigenvalue weighted by Gasteiger charge is -2.22. The predicted octanol–water partition coefficient (Wildman–Crippen LogP) is 5.76. The Kier molecular flexibility index (Phi) is 8.78. The summed E-state index contributed by atoms with van der Waals surface area (Å²) in [6.45, 7) is 3.89.